The number of para-hydroxylation sites is 4. The lowest BCUT2D eigenvalue weighted by atomic mass is 9.79. The lowest BCUT2D eigenvalue weighted by molar-refractivity contribution is 1.000. The third-order valence-corrected chi connectivity index (χ3v) is 11.1. The first kappa shape index (κ1) is 29.7. The number of hydrogen-bond donors (Lipinski definition) is 0. The van der Waals surface area contributed by atoms with Crippen molar-refractivity contribution in [2.75, 3.05) is 11.4 Å². The Morgan fingerprint density at radius 3 is 1.62 bits per heavy atom. The van der Waals surface area contributed by atoms with Gasteiger partial charge in [0.05, 0.1) is 16.7 Å². The van der Waals surface area contributed by atoms with Crippen LogP contribution in [0.1, 0.15) is 0 Å². The second-order valence-electron chi connectivity index (χ2n) is 13.9. The lowest BCUT2D eigenvalue weighted by Gasteiger charge is -2.30. The monoisotopic (exact) mass is 676 g/mol. The van der Waals surface area contributed by atoms with Crippen molar-refractivity contribution >= 4 is 50.8 Å². The molecule has 0 fully saturated rings. The van der Waals surface area contributed by atoms with Crippen LogP contribution in [-0.4, -0.2) is 17.3 Å². The molecule has 0 unspecified atom stereocenters. The second kappa shape index (κ2) is 11.8. The average Bonchev–Trinajstić information content (AvgIpc) is 3.57. The number of fused-ring (bicyclic) bond motifs is 12. The Morgan fingerprint density at radius 1 is 0.396 bits per heavy atom. The van der Waals surface area contributed by atoms with Crippen LogP contribution in [0.2, 0.25) is 0 Å². The minimum absolute atomic E-state index is 0.754. The van der Waals surface area contributed by atoms with Crippen molar-refractivity contribution in [2.45, 2.75) is 0 Å². The molecule has 2 aliphatic rings. The van der Waals surface area contributed by atoms with Gasteiger partial charge in [0.2, 0.25) is 11.4 Å². The third kappa shape index (κ3) is 4.51. The van der Waals surface area contributed by atoms with Crippen molar-refractivity contribution in [2.24, 2.45) is 0 Å². The van der Waals surface area contributed by atoms with Crippen molar-refractivity contribution in [1.29, 1.82) is 0 Å². The van der Waals surface area contributed by atoms with Gasteiger partial charge in [-0.2, -0.15) is 4.58 Å². The molecule has 3 nitrogen and oxygen atoms in total. The molecule has 3 heteroatoms. The molecular formula is C50H34N3+. The smallest absolute Gasteiger partial charge is 0.235 e. The Balaban J connectivity index is 1.25. The summed E-state index contributed by atoms with van der Waals surface area (Å²) in [4.78, 5) is 2.44. The SMILES string of the molecule is C1=[N+](c2ccccc2)c2cc3c(cc2N(c2ccccc2)C1)-c1ccccc1-c1c(cccc1-n1c2ccccc2c2ccccc21)-c1ccccc1-3. The predicted octanol–water partition coefficient (Wildman–Crippen LogP) is 12.8. The standard InChI is InChI=1S/C50H34N3/c1-3-16-34(17-4-1)51-30-31-52(35-18-5-2-6-19-35)49-33-44-38-22-9-10-25-41(38)50-42(36-20-7-8-21-37(36)43(44)32-48(49)51)26-15-29-47(50)53-45-27-13-11-23-39(45)40-24-12-14-28-46(40)53/h1-30,32-33H,31H2/q+1. The van der Waals surface area contributed by atoms with Crippen molar-refractivity contribution in [3.05, 3.63) is 188 Å². The Bertz CT molecular complexity index is 2860. The second-order valence-corrected chi connectivity index (χ2v) is 13.9. The van der Waals surface area contributed by atoms with E-state index >= 15 is 0 Å². The van der Waals surface area contributed by atoms with E-state index in [-0.39, 0.29) is 0 Å². The molecule has 248 valence electrons. The van der Waals surface area contributed by atoms with Crippen LogP contribution in [0.15, 0.2) is 188 Å². The molecule has 0 N–H and O–H groups in total. The van der Waals surface area contributed by atoms with Crippen LogP contribution in [0, 0.1) is 0 Å². The third-order valence-electron chi connectivity index (χ3n) is 11.1. The van der Waals surface area contributed by atoms with Crippen LogP contribution in [0.4, 0.5) is 22.7 Å². The fraction of sp³-hybridized carbons (Fsp3) is 0.0200. The van der Waals surface area contributed by atoms with E-state index in [9.17, 15) is 0 Å². The largest absolute Gasteiger partial charge is 0.326 e. The molecule has 8 aromatic carbocycles. The molecule has 1 aromatic heterocycles. The molecule has 0 radical (unpaired) electrons. The summed E-state index contributed by atoms with van der Waals surface area (Å²) in [5.41, 5.74) is 18.1. The molecule has 0 bridgehead atoms. The maximum absolute atomic E-state index is 2.48. The molecule has 9 aromatic rings. The fourth-order valence-corrected chi connectivity index (χ4v) is 8.78. The van der Waals surface area contributed by atoms with E-state index < -0.39 is 0 Å². The van der Waals surface area contributed by atoms with Gasteiger partial charge in [-0.25, -0.2) is 0 Å². The summed E-state index contributed by atoms with van der Waals surface area (Å²) >= 11 is 0. The number of hydrogen-bond acceptors (Lipinski definition) is 1. The Hall–Kier alpha value is -6.97. The van der Waals surface area contributed by atoms with Gasteiger partial charge in [-0.05, 0) is 75.3 Å². The molecule has 1 aliphatic carbocycles. The normalized spacial score (nSPS) is 12.9. The summed E-state index contributed by atoms with van der Waals surface area (Å²) in [6, 6.07) is 68.8. The zero-order valence-corrected chi connectivity index (χ0v) is 29.0. The van der Waals surface area contributed by atoms with Gasteiger partial charge in [0.15, 0.2) is 6.21 Å². The summed E-state index contributed by atoms with van der Waals surface area (Å²) in [6.45, 7) is 0.754. The molecule has 53 heavy (non-hydrogen) atoms. The molecule has 1 aliphatic heterocycles. The maximum atomic E-state index is 2.48. The van der Waals surface area contributed by atoms with Crippen LogP contribution < -0.4 is 9.48 Å². The van der Waals surface area contributed by atoms with Crippen LogP contribution in [0.3, 0.4) is 0 Å². The highest BCUT2D eigenvalue weighted by atomic mass is 15.2. The predicted molar refractivity (Wildman–Crippen MR) is 223 cm³/mol. The van der Waals surface area contributed by atoms with E-state index in [0.717, 1.165) is 17.9 Å². The van der Waals surface area contributed by atoms with Crippen LogP contribution in [-0.2, 0) is 0 Å². The first-order chi connectivity index (χ1) is 26.3. The first-order valence-electron chi connectivity index (χ1n) is 18.3. The molecule has 2 heterocycles. The minimum atomic E-state index is 0.754. The minimum Gasteiger partial charge on any atom is -0.326 e. The van der Waals surface area contributed by atoms with E-state index in [4.69, 9.17) is 0 Å². The van der Waals surface area contributed by atoms with Crippen molar-refractivity contribution in [1.82, 2.24) is 9.14 Å². The van der Waals surface area contributed by atoms with E-state index in [1.807, 2.05) is 0 Å². The summed E-state index contributed by atoms with van der Waals surface area (Å²) in [5.74, 6) is 0. The van der Waals surface area contributed by atoms with Crippen LogP contribution in [0.25, 0.3) is 72.0 Å². The number of benzene rings is 8. The molecule has 11 rings (SSSR count). The van der Waals surface area contributed by atoms with Gasteiger partial charge in [0.25, 0.3) is 0 Å². The molecular weight excluding hydrogens is 643 g/mol. The quantitative estimate of drug-likeness (QED) is 0.170. The summed E-state index contributed by atoms with van der Waals surface area (Å²) < 4.78 is 4.85. The molecule has 0 saturated carbocycles. The van der Waals surface area contributed by atoms with Gasteiger partial charge < -0.3 is 9.47 Å². The summed E-state index contributed by atoms with van der Waals surface area (Å²) in [5, 5.41) is 2.52. The number of aromatic nitrogens is 1. The highest BCUT2D eigenvalue weighted by Crippen LogP contribution is 2.53. The molecule has 0 spiro atoms. The van der Waals surface area contributed by atoms with Crippen molar-refractivity contribution < 1.29 is 0 Å². The zero-order chi connectivity index (χ0) is 34.9. The molecule has 0 atom stereocenters. The maximum Gasteiger partial charge on any atom is 0.235 e. The topological polar surface area (TPSA) is 11.2 Å². The van der Waals surface area contributed by atoms with E-state index in [2.05, 4.69) is 208 Å². The molecule has 0 amide bonds. The molecule has 0 saturated heterocycles. The van der Waals surface area contributed by atoms with Gasteiger partial charge in [0.1, 0.15) is 12.2 Å². The lowest BCUT2D eigenvalue weighted by Crippen LogP contribution is -2.29. The van der Waals surface area contributed by atoms with Gasteiger partial charge in [-0.3, -0.25) is 0 Å². The van der Waals surface area contributed by atoms with E-state index in [0.29, 0.717) is 0 Å². The highest BCUT2D eigenvalue weighted by molar-refractivity contribution is 6.12. The number of anilines is 2. The van der Waals surface area contributed by atoms with Crippen LogP contribution >= 0.6 is 0 Å². The van der Waals surface area contributed by atoms with Gasteiger partial charge in [-0.15, -0.1) is 0 Å². The number of rotatable bonds is 3. The fourth-order valence-electron chi connectivity index (χ4n) is 8.78. The van der Waals surface area contributed by atoms with Gasteiger partial charge in [-0.1, -0.05) is 133 Å². The average molecular weight is 677 g/mol. The Labute approximate surface area is 308 Å². The first-order valence-corrected chi connectivity index (χ1v) is 18.3. The summed E-state index contributed by atoms with van der Waals surface area (Å²) in [6.07, 6.45) is 2.31. The van der Waals surface area contributed by atoms with Crippen LogP contribution in [0.5, 0.6) is 0 Å². The van der Waals surface area contributed by atoms with Gasteiger partial charge in [0, 0.05) is 40.2 Å². The van der Waals surface area contributed by atoms with Crippen molar-refractivity contribution in [3.63, 3.8) is 0 Å². The summed E-state index contributed by atoms with van der Waals surface area (Å²) in [7, 11) is 0. The highest BCUT2D eigenvalue weighted by Gasteiger charge is 2.33. The van der Waals surface area contributed by atoms with E-state index in [1.54, 1.807) is 0 Å². The van der Waals surface area contributed by atoms with E-state index in [1.165, 1.54) is 83.4 Å². The Morgan fingerprint density at radius 2 is 0.925 bits per heavy atom. The van der Waals surface area contributed by atoms with Crippen molar-refractivity contribution in [3.8, 4) is 50.2 Å². The Kier molecular flexibility index (Phi) is 6.62. The number of nitrogens with zero attached hydrogens (tertiary/aromatic N) is 3. The zero-order valence-electron chi connectivity index (χ0n) is 29.0. The van der Waals surface area contributed by atoms with Gasteiger partial charge >= 0.3 is 0 Å².